The summed E-state index contributed by atoms with van der Waals surface area (Å²) < 4.78 is 14.9. The lowest BCUT2D eigenvalue weighted by Gasteiger charge is -2.28. The third-order valence-electron chi connectivity index (χ3n) is 3.82. The van der Waals surface area contributed by atoms with Crippen molar-refractivity contribution in [3.63, 3.8) is 0 Å². The van der Waals surface area contributed by atoms with Gasteiger partial charge in [-0.3, -0.25) is 0 Å². The first kappa shape index (κ1) is 16.0. The van der Waals surface area contributed by atoms with Gasteiger partial charge in [0.05, 0.1) is 6.04 Å². The predicted molar refractivity (Wildman–Crippen MR) is 90.0 cm³/mol. The van der Waals surface area contributed by atoms with Gasteiger partial charge in [0.2, 0.25) is 0 Å². The van der Waals surface area contributed by atoms with Crippen molar-refractivity contribution in [1.29, 1.82) is 0 Å². The van der Waals surface area contributed by atoms with Crippen LogP contribution in [0.4, 0.5) is 10.1 Å². The first-order valence-corrected chi connectivity index (χ1v) is 7.73. The molecule has 4 heteroatoms. The number of nitrogens with two attached hydrogens (primary N) is 1. The van der Waals surface area contributed by atoms with Crippen molar-refractivity contribution in [1.82, 2.24) is 0 Å². The van der Waals surface area contributed by atoms with Crippen molar-refractivity contribution < 1.29 is 4.39 Å². The lowest BCUT2D eigenvalue weighted by molar-refractivity contribution is 0.585. The summed E-state index contributed by atoms with van der Waals surface area (Å²) in [6, 6.07) is 12.8. The van der Waals surface area contributed by atoms with Crippen LogP contribution in [0, 0.1) is 5.82 Å². The Hall–Kier alpha value is -1.39. The van der Waals surface area contributed by atoms with Gasteiger partial charge in [-0.2, -0.15) is 0 Å². The zero-order valence-corrected chi connectivity index (χ0v) is 14.1. The maximum atomic E-state index is 13.9. The minimum Gasteiger partial charge on any atom is -0.368 e. The Morgan fingerprint density at radius 2 is 1.76 bits per heavy atom. The normalized spacial score (nSPS) is 13.8. The Balaban J connectivity index is 2.30. The predicted octanol–water partition coefficient (Wildman–Crippen LogP) is 4.81. The van der Waals surface area contributed by atoms with Crippen LogP contribution in [0.15, 0.2) is 46.9 Å². The summed E-state index contributed by atoms with van der Waals surface area (Å²) in [5, 5.41) is 0. The number of hydrogen-bond donors (Lipinski definition) is 1. The molecule has 2 atom stereocenters. The van der Waals surface area contributed by atoms with Gasteiger partial charge in [-0.05, 0) is 37.6 Å². The largest absolute Gasteiger partial charge is 0.368 e. The summed E-state index contributed by atoms with van der Waals surface area (Å²) in [5.74, 6) is -0.178. The van der Waals surface area contributed by atoms with Crippen LogP contribution in [0.3, 0.4) is 0 Å². The molecule has 0 amide bonds. The van der Waals surface area contributed by atoms with E-state index in [9.17, 15) is 4.39 Å². The van der Waals surface area contributed by atoms with E-state index in [1.807, 2.05) is 56.1 Å². The first-order chi connectivity index (χ1) is 9.91. The van der Waals surface area contributed by atoms with Gasteiger partial charge in [0.15, 0.2) is 0 Å². The van der Waals surface area contributed by atoms with E-state index >= 15 is 0 Å². The van der Waals surface area contributed by atoms with Gasteiger partial charge in [0, 0.05) is 28.8 Å². The number of hydrogen-bond acceptors (Lipinski definition) is 2. The zero-order chi connectivity index (χ0) is 15.6. The van der Waals surface area contributed by atoms with E-state index in [4.69, 9.17) is 5.73 Å². The summed E-state index contributed by atoms with van der Waals surface area (Å²) in [4.78, 5) is 2.05. The second kappa shape index (κ2) is 6.58. The summed E-state index contributed by atoms with van der Waals surface area (Å²) in [5.41, 5.74) is 8.68. The molecule has 0 saturated carbocycles. The molecule has 0 heterocycles. The maximum Gasteiger partial charge on any atom is 0.128 e. The highest BCUT2D eigenvalue weighted by atomic mass is 79.9. The van der Waals surface area contributed by atoms with Crippen molar-refractivity contribution in [3.05, 3.63) is 63.9 Å². The standard InChI is InChI=1S/C17H20BrFN2/c1-11(20)14-9-8-13(10-16(14)18)21(3)12(2)15-6-4-5-7-17(15)19/h4-12H,20H2,1-3H3/t11-,12?/m1/s1. The van der Waals surface area contributed by atoms with Gasteiger partial charge in [-0.25, -0.2) is 4.39 Å². The number of halogens is 2. The van der Waals surface area contributed by atoms with E-state index in [0.29, 0.717) is 5.56 Å². The third-order valence-corrected chi connectivity index (χ3v) is 4.50. The Labute approximate surface area is 133 Å². The van der Waals surface area contributed by atoms with Gasteiger partial charge >= 0.3 is 0 Å². The molecule has 21 heavy (non-hydrogen) atoms. The summed E-state index contributed by atoms with van der Waals surface area (Å²) >= 11 is 3.56. The van der Waals surface area contributed by atoms with Crippen LogP contribution in [0.25, 0.3) is 0 Å². The van der Waals surface area contributed by atoms with Crippen LogP contribution in [0.2, 0.25) is 0 Å². The molecule has 0 radical (unpaired) electrons. The van der Waals surface area contributed by atoms with Crippen LogP contribution in [-0.2, 0) is 0 Å². The van der Waals surface area contributed by atoms with Crippen LogP contribution in [0.5, 0.6) is 0 Å². The van der Waals surface area contributed by atoms with Crippen LogP contribution in [0.1, 0.15) is 37.1 Å². The molecule has 2 rings (SSSR count). The second-order valence-electron chi connectivity index (χ2n) is 5.30. The van der Waals surface area contributed by atoms with E-state index in [1.165, 1.54) is 6.07 Å². The van der Waals surface area contributed by atoms with Crippen LogP contribution >= 0.6 is 15.9 Å². The monoisotopic (exact) mass is 350 g/mol. The number of anilines is 1. The average molecular weight is 351 g/mol. The number of rotatable bonds is 4. The Morgan fingerprint density at radius 1 is 1.10 bits per heavy atom. The first-order valence-electron chi connectivity index (χ1n) is 6.94. The molecule has 2 aromatic carbocycles. The topological polar surface area (TPSA) is 29.3 Å². The summed E-state index contributed by atoms with van der Waals surface area (Å²) in [7, 11) is 1.96. The van der Waals surface area contributed by atoms with E-state index in [0.717, 1.165) is 15.7 Å². The molecule has 1 unspecified atom stereocenters. The molecule has 0 aliphatic rings. The van der Waals surface area contributed by atoms with Crippen molar-refractivity contribution in [2.45, 2.75) is 25.9 Å². The Bertz CT molecular complexity index is 628. The maximum absolute atomic E-state index is 13.9. The highest BCUT2D eigenvalue weighted by Gasteiger charge is 2.17. The van der Waals surface area contributed by atoms with Crippen molar-refractivity contribution in [3.8, 4) is 0 Å². The van der Waals surface area contributed by atoms with Crippen LogP contribution in [-0.4, -0.2) is 7.05 Å². The lowest BCUT2D eigenvalue weighted by atomic mass is 10.0. The van der Waals surface area contributed by atoms with Gasteiger partial charge in [0.1, 0.15) is 5.82 Å². The Kier molecular flexibility index (Phi) is 5.01. The quantitative estimate of drug-likeness (QED) is 0.857. The summed E-state index contributed by atoms with van der Waals surface area (Å²) in [6.45, 7) is 3.94. The third kappa shape index (κ3) is 3.44. The highest BCUT2D eigenvalue weighted by Crippen LogP contribution is 2.31. The van der Waals surface area contributed by atoms with E-state index in [2.05, 4.69) is 15.9 Å². The van der Waals surface area contributed by atoms with E-state index in [1.54, 1.807) is 6.07 Å². The number of benzene rings is 2. The molecular formula is C17H20BrFN2. The SMILES string of the molecule is CC(c1ccccc1F)N(C)c1ccc([C@@H](C)N)c(Br)c1. The van der Waals surface area contributed by atoms with E-state index < -0.39 is 0 Å². The number of nitrogens with zero attached hydrogens (tertiary/aromatic N) is 1. The van der Waals surface area contributed by atoms with E-state index in [-0.39, 0.29) is 17.9 Å². The summed E-state index contributed by atoms with van der Waals surface area (Å²) in [6.07, 6.45) is 0. The van der Waals surface area contributed by atoms with Crippen LogP contribution < -0.4 is 10.6 Å². The molecule has 2 nitrogen and oxygen atoms in total. The second-order valence-corrected chi connectivity index (χ2v) is 6.16. The highest BCUT2D eigenvalue weighted by molar-refractivity contribution is 9.10. The fourth-order valence-electron chi connectivity index (χ4n) is 2.35. The van der Waals surface area contributed by atoms with Gasteiger partial charge in [-0.15, -0.1) is 0 Å². The molecule has 2 N–H and O–H groups in total. The molecule has 0 spiro atoms. The minimum atomic E-state index is -0.178. The molecule has 0 fully saturated rings. The molecule has 2 aromatic rings. The fourth-order valence-corrected chi connectivity index (χ4v) is 3.08. The molecular weight excluding hydrogens is 331 g/mol. The van der Waals surface area contributed by atoms with Crippen molar-refractivity contribution in [2.75, 3.05) is 11.9 Å². The molecule has 0 aromatic heterocycles. The molecule has 0 aliphatic carbocycles. The lowest BCUT2D eigenvalue weighted by Crippen LogP contribution is -2.22. The van der Waals surface area contributed by atoms with Gasteiger partial charge in [-0.1, -0.05) is 40.2 Å². The average Bonchev–Trinajstić information content (AvgIpc) is 2.45. The smallest absolute Gasteiger partial charge is 0.128 e. The minimum absolute atomic E-state index is 0.0253. The zero-order valence-electron chi connectivity index (χ0n) is 12.5. The van der Waals surface area contributed by atoms with Crippen molar-refractivity contribution >= 4 is 21.6 Å². The Morgan fingerprint density at radius 3 is 2.33 bits per heavy atom. The molecule has 0 saturated heterocycles. The van der Waals surface area contributed by atoms with Crippen molar-refractivity contribution in [2.24, 2.45) is 5.73 Å². The van der Waals surface area contributed by atoms with Gasteiger partial charge in [0.25, 0.3) is 0 Å². The molecule has 112 valence electrons. The molecule has 0 aliphatic heterocycles. The van der Waals surface area contributed by atoms with Gasteiger partial charge < -0.3 is 10.6 Å². The molecule has 0 bridgehead atoms. The fraction of sp³-hybridized carbons (Fsp3) is 0.294.